The van der Waals surface area contributed by atoms with Crippen molar-refractivity contribution in [2.45, 2.75) is 13.0 Å². The van der Waals surface area contributed by atoms with E-state index in [0.717, 1.165) is 32.7 Å². The van der Waals surface area contributed by atoms with Gasteiger partial charge in [-0.1, -0.05) is 18.2 Å². The molecule has 0 bridgehead atoms. The number of thiazole rings is 1. The number of imidazole rings is 1. The predicted molar refractivity (Wildman–Crippen MR) is 99.1 cm³/mol. The van der Waals surface area contributed by atoms with Gasteiger partial charge in [-0.2, -0.15) is 0 Å². The average molecular weight is 351 g/mol. The fourth-order valence-corrected chi connectivity index (χ4v) is 3.52. The smallest absolute Gasteiger partial charge is 0.226 e. The lowest BCUT2D eigenvalue weighted by Gasteiger charge is -2.07. The average Bonchev–Trinajstić information content (AvgIpc) is 3.20. The molecule has 0 radical (unpaired) electrons. The van der Waals surface area contributed by atoms with Crippen molar-refractivity contribution in [1.82, 2.24) is 14.7 Å². The van der Waals surface area contributed by atoms with Gasteiger partial charge in [-0.3, -0.25) is 9.20 Å². The van der Waals surface area contributed by atoms with Gasteiger partial charge < -0.3 is 10.1 Å². The Morgan fingerprint density at radius 2 is 2.08 bits per heavy atom. The Labute approximate surface area is 148 Å². The Morgan fingerprint density at radius 3 is 2.92 bits per heavy atom. The van der Waals surface area contributed by atoms with Gasteiger partial charge >= 0.3 is 0 Å². The van der Waals surface area contributed by atoms with Crippen molar-refractivity contribution < 1.29 is 9.53 Å². The Morgan fingerprint density at radius 1 is 1.24 bits per heavy atom. The van der Waals surface area contributed by atoms with Crippen molar-refractivity contribution in [2.75, 3.05) is 7.11 Å². The molecule has 0 fully saturated rings. The summed E-state index contributed by atoms with van der Waals surface area (Å²) in [5, 5.41) is 7.18. The molecule has 25 heavy (non-hydrogen) atoms. The van der Waals surface area contributed by atoms with Gasteiger partial charge in [-0.25, -0.2) is 4.98 Å². The fourth-order valence-electron chi connectivity index (χ4n) is 2.80. The molecule has 1 amide bonds. The van der Waals surface area contributed by atoms with Gasteiger partial charge in [0, 0.05) is 24.3 Å². The van der Waals surface area contributed by atoms with Crippen molar-refractivity contribution in [3.63, 3.8) is 0 Å². The number of nitrogens with one attached hydrogen (secondary N) is 1. The number of aromatic nitrogens is 2. The van der Waals surface area contributed by atoms with Crippen molar-refractivity contribution in [3.8, 4) is 5.75 Å². The van der Waals surface area contributed by atoms with E-state index in [4.69, 9.17) is 4.74 Å². The number of rotatable bonds is 5. The zero-order valence-electron chi connectivity index (χ0n) is 13.7. The van der Waals surface area contributed by atoms with E-state index in [1.165, 1.54) is 0 Å². The number of benzene rings is 2. The van der Waals surface area contributed by atoms with Crippen LogP contribution in [0.4, 0.5) is 0 Å². The summed E-state index contributed by atoms with van der Waals surface area (Å²) >= 11 is 1.56. The largest absolute Gasteiger partial charge is 0.497 e. The standard InChI is InChI=1S/C19H17N3O2S/c1-24-17-5-4-14-8-13(2-3-15(14)9-17)11-20-18(23)10-16-12-22-6-7-25-19(22)21-16/h2-9,12H,10-11H2,1H3,(H,20,23). The van der Waals surface area contributed by atoms with E-state index in [0.29, 0.717) is 13.0 Å². The van der Waals surface area contributed by atoms with Gasteiger partial charge in [-0.05, 0) is 34.5 Å². The van der Waals surface area contributed by atoms with Crippen LogP contribution in [0.25, 0.3) is 15.7 Å². The zero-order valence-corrected chi connectivity index (χ0v) is 14.5. The number of fused-ring (bicyclic) bond motifs is 2. The second kappa shape index (κ2) is 6.57. The molecule has 1 N–H and O–H groups in total. The molecule has 0 aliphatic carbocycles. The molecule has 4 aromatic rings. The molecule has 2 heterocycles. The SMILES string of the molecule is COc1ccc2cc(CNC(=O)Cc3cn4ccsc4n3)ccc2c1. The van der Waals surface area contributed by atoms with Gasteiger partial charge in [0.05, 0.1) is 19.2 Å². The van der Waals surface area contributed by atoms with Crippen LogP contribution in [0.1, 0.15) is 11.3 Å². The molecule has 0 saturated carbocycles. The maximum atomic E-state index is 12.2. The quantitative estimate of drug-likeness (QED) is 0.599. The van der Waals surface area contributed by atoms with Crippen molar-refractivity contribution >= 4 is 33.0 Å². The first kappa shape index (κ1) is 15.7. The second-order valence-corrected chi connectivity index (χ2v) is 6.70. The number of carbonyl (C=O) groups excluding carboxylic acids is 1. The van der Waals surface area contributed by atoms with Crippen LogP contribution in [0.15, 0.2) is 54.2 Å². The van der Waals surface area contributed by atoms with Crippen LogP contribution in [-0.2, 0) is 17.8 Å². The summed E-state index contributed by atoms with van der Waals surface area (Å²) in [6.45, 7) is 0.503. The van der Waals surface area contributed by atoms with Gasteiger partial charge in [0.15, 0.2) is 4.96 Å². The van der Waals surface area contributed by atoms with Gasteiger partial charge in [0.1, 0.15) is 5.75 Å². The number of carbonyl (C=O) groups is 1. The maximum Gasteiger partial charge on any atom is 0.226 e. The minimum atomic E-state index is -0.0272. The molecular formula is C19H17N3O2S. The van der Waals surface area contributed by atoms with E-state index < -0.39 is 0 Å². The summed E-state index contributed by atoms with van der Waals surface area (Å²) in [6, 6.07) is 12.1. The first-order chi connectivity index (χ1) is 12.2. The van der Waals surface area contributed by atoms with E-state index >= 15 is 0 Å². The van der Waals surface area contributed by atoms with Gasteiger partial charge in [0.2, 0.25) is 5.91 Å². The third-order valence-corrected chi connectivity index (χ3v) is 4.86. The van der Waals surface area contributed by atoms with E-state index in [1.807, 2.05) is 52.5 Å². The summed E-state index contributed by atoms with van der Waals surface area (Å²) < 4.78 is 7.18. The van der Waals surface area contributed by atoms with Crippen LogP contribution in [0.3, 0.4) is 0 Å². The van der Waals surface area contributed by atoms with Gasteiger partial charge in [-0.15, -0.1) is 11.3 Å². The van der Waals surface area contributed by atoms with Crippen LogP contribution in [0.2, 0.25) is 0 Å². The highest BCUT2D eigenvalue weighted by Gasteiger charge is 2.08. The summed E-state index contributed by atoms with van der Waals surface area (Å²) in [4.78, 5) is 17.5. The molecule has 4 rings (SSSR count). The molecule has 0 atom stereocenters. The minimum Gasteiger partial charge on any atom is -0.497 e. The molecule has 5 nitrogen and oxygen atoms in total. The molecule has 0 unspecified atom stereocenters. The normalized spacial score (nSPS) is 11.1. The molecule has 0 spiro atoms. The monoisotopic (exact) mass is 351 g/mol. The Hall–Kier alpha value is -2.86. The lowest BCUT2D eigenvalue weighted by Crippen LogP contribution is -2.24. The summed E-state index contributed by atoms with van der Waals surface area (Å²) in [7, 11) is 1.66. The zero-order chi connectivity index (χ0) is 17.2. The lowest BCUT2D eigenvalue weighted by molar-refractivity contribution is -0.120. The first-order valence-electron chi connectivity index (χ1n) is 7.96. The van der Waals surface area contributed by atoms with Crippen LogP contribution < -0.4 is 10.1 Å². The third-order valence-electron chi connectivity index (χ3n) is 4.09. The molecule has 0 saturated heterocycles. The summed E-state index contributed by atoms with van der Waals surface area (Å²) in [5.41, 5.74) is 1.85. The Bertz CT molecular complexity index is 1020. The van der Waals surface area contributed by atoms with Crippen LogP contribution >= 0.6 is 11.3 Å². The number of methoxy groups -OCH3 is 1. The van der Waals surface area contributed by atoms with Crippen LogP contribution in [0.5, 0.6) is 5.75 Å². The lowest BCUT2D eigenvalue weighted by atomic mass is 10.1. The van der Waals surface area contributed by atoms with Gasteiger partial charge in [0.25, 0.3) is 0 Å². The first-order valence-corrected chi connectivity index (χ1v) is 8.84. The van der Waals surface area contributed by atoms with E-state index in [2.05, 4.69) is 16.4 Å². The fraction of sp³-hybridized carbons (Fsp3) is 0.158. The Kier molecular flexibility index (Phi) is 4.11. The predicted octanol–water partition coefficient (Wildman–Crippen LogP) is 3.42. The van der Waals surface area contributed by atoms with Crippen molar-refractivity contribution in [1.29, 1.82) is 0 Å². The molecule has 2 aromatic heterocycles. The van der Waals surface area contributed by atoms with Crippen LogP contribution in [-0.4, -0.2) is 22.4 Å². The molecule has 0 aliphatic heterocycles. The minimum absolute atomic E-state index is 0.0272. The summed E-state index contributed by atoms with van der Waals surface area (Å²) in [5.74, 6) is 0.814. The molecule has 2 aromatic carbocycles. The molecular weight excluding hydrogens is 334 g/mol. The Balaban J connectivity index is 1.40. The summed E-state index contributed by atoms with van der Waals surface area (Å²) in [6.07, 6.45) is 4.13. The van der Waals surface area contributed by atoms with E-state index in [9.17, 15) is 4.79 Å². The van der Waals surface area contributed by atoms with Crippen LogP contribution in [0, 0.1) is 0 Å². The number of amides is 1. The molecule has 0 aliphatic rings. The highest BCUT2D eigenvalue weighted by Crippen LogP contribution is 2.21. The second-order valence-electron chi connectivity index (χ2n) is 5.83. The highest BCUT2D eigenvalue weighted by molar-refractivity contribution is 7.15. The number of ether oxygens (including phenoxy) is 1. The van der Waals surface area contributed by atoms with Crippen molar-refractivity contribution in [3.05, 3.63) is 65.4 Å². The number of hydrogen-bond acceptors (Lipinski definition) is 4. The maximum absolute atomic E-state index is 12.2. The third kappa shape index (κ3) is 3.34. The topological polar surface area (TPSA) is 55.6 Å². The van der Waals surface area contributed by atoms with E-state index in [1.54, 1.807) is 18.4 Å². The number of nitrogens with zero attached hydrogens (tertiary/aromatic N) is 2. The number of hydrogen-bond donors (Lipinski definition) is 1. The van der Waals surface area contributed by atoms with E-state index in [-0.39, 0.29) is 5.91 Å². The highest BCUT2D eigenvalue weighted by atomic mass is 32.1. The molecule has 6 heteroatoms. The van der Waals surface area contributed by atoms with Crippen molar-refractivity contribution in [2.24, 2.45) is 0 Å². The molecule has 126 valence electrons.